The third-order valence-electron chi connectivity index (χ3n) is 4.03. The molecule has 1 aromatic heterocycles. The van der Waals surface area contributed by atoms with Crippen molar-refractivity contribution < 1.29 is 9.53 Å². The SMILES string of the molecule is CC[C@@]1(C)CN(C(=O)NC[C@@H](C)Cn2cccn2)CCO1. The van der Waals surface area contributed by atoms with Crippen molar-refractivity contribution in [1.29, 1.82) is 0 Å². The van der Waals surface area contributed by atoms with Gasteiger partial charge in [0, 0.05) is 32.0 Å². The third-order valence-corrected chi connectivity index (χ3v) is 4.03. The van der Waals surface area contributed by atoms with Crippen LogP contribution >= 0.6 is 0 Å². The molecule has 118 valence electrons. The number of hydrogen-bond acceptors (Lipinski definition) is 3. The molecule has 2 rings (SSSR count). The summed E-state index contributed by atoms with van der Waals surface area (Å²) >= 11 is 0. The Kier molecular flexibility index (Phi) is 5.22. The minimum atomic E-state index is -0.212. The minimum absolute atomic E-state index is 0.00490. The number of rotatable bonds is 5. The fourth-order valence-corrected chi connectivity index (χ4v) is 2.48. The van der Waals surface area contributed by atoms with E-state index in [2.05, 4.69) is 31.2 Å². The van der Waals surface area contributed by atoms with E-state index in [-0.39, 0.29) is 11.6 Å². The summed E-state index contributed by atoms with van der Waals surface area (Å²) in [6, 6.07) is 1.91. The molecular weight excluding hydrogens is 268 g/mol. The Labute approximate surface area is 126 Å². The summed E-state index contributed by atoms with van der Waals surface area (Å²) in [5.41, 5.74) is -0.212. The van der Waals surface area contributed by atoms with Crippen LogP contribution in [0.3, 0.4) is 0 Å². The topological polar surface area (TPSA) is 59.4 Å². The first kappa shape index (κ1) is 15.8. The number of morpholine rings is 1. The van der Waals surface area contributed by atoms with Crippen molar-refractivity contribution in [3.63, 3.8) is 0 Å². The molecule has 0 radical (unpaired) electrons. The van der Waals surface area contributed by atoms with Crippen molar-refractivity contribution in [3.8, 4) is 0 Å². The molecule has 1 aliphatic heterocycles. The number of nitrogens with zero attached hydrogens (tertiary/aromatic N) is 3. The van der Waals surface area contributed by atoms with Gasteiger partial charge in [0.25, 0.3) is 0 Å². The maximum atomic E-state index is 12.2. The molecule has 2 heterocycles. The highest BCUT2D eigenvalue weighted by Gasteiger charge is 2.32. The summed E-state index contributed by atoms with van der Waals surface area (Å²) in [6.07, 6.45) is 4.62. The van der Waals surface area contributed by atoms with Crippen molar-refractivity contribution in [2.24, 2.45) is 5.92 Å². The lowest BCUT2D eigenvalue weighted by molar-refractivity contribution is -0.0873. The van der Waals surface area contributed by atoms with Gasteiger partial charge < -0.3 is 15.0 Å². The molecule has 0 bridgehead atoms. The Morgan fingerprint density at radius 1 is 1.57 bits per heavy atom. The molecule has 1 saturated heterocycles. The van der Waals surface area contributed by atoms with Gasteiger partial charge in [-0.05, 0) is 25.3 Å². The highest BCUT2D eigenvalue weighted by molar-refractivity contribution is 5.74. The number of aromatic nitrogens is 2. The number of urea groups is 1. The smallest absolute Gasteiger partial charge is 0.317 e. The molecule has 6 heteroatoms. The standard InChI is InChI=1S/C15H26N4O2/c1-4-15(3)12-18(8-9-21-15)14(20)16-10-13(2)11-19-7-5-6-17-19/h5-7,13H,4,8-12H2,1-3H3,(H,16,20)/t13-,15+/m1/s1. The zero-order valence-electron chi connectivity index (χ0n) is 13.2. The van der Waals surface area contributed by atoms with Crippen molar-refractivity contribution >= 4 is 6.03 Å². The predicted molar refractivity (Wildman–Crippen MR) is 81.0 cm³/mol. The van der Waals surface area contributed by atoms with E-state index < -0.39 is 0 Å². The molecule has 1 N–H and O–H groups in total. The molecule has 0 saturated carbocycles. The van der Waals surface area contributed by atoms with Crippen LogP contribution in [0.5, 0.6) is 0 Å². The fraction of sp³-hybridized carbons (Fsp3) is 0.733. The highest BCUT2D eigenvalue weighted by Crippen LogP contribution is 2.20. The first-order chi connectivity index (χ1) is 10.0. The number of nitrogens with one attached hydrogen (secondary N) is 1. The predicted octanol–water partition coefficient (Wildman–Crippen LogP) is 1.73. The lowest BCUT2D eigenvalue weighted by atomic mass is 10.0. The van der Waals surface area contributed by atoms with Gasteiger partial charge in [-0.15, -0.1) is 0 Å². The van der Waals surface area contributed by atoms with Gasteiger partial charge in [0.2, 0.25) is 0 Å². The Balaban J connectivity index is 1.76. The molecule has 0 spiro atoms. The zero-order valence-corrected chi connectivity index (χ0v) is 13.2. The van der Waals surface area contributed by atoms with Crippen LogP contribution in [0, 0.1) is 5.92 Å². The van der Waals surface area contributed by atoms with Crippen molar-refractivity contribution in [1.82, 2.24) is 20.0 Å². The van der Waals surface area contributed by atoms with Crippen LogP contribution in [0.25, 0.3) is 0 Å². The molecule has 1 aliphatic rings. The molecule has 0 aliphatic carbocycles. The Bertz CT molecular complexity index is 449. The second-order valence-corrected chi connectivity index (χ2v) is 6.09. The van der Waals surface area contributed by atoms with Gasteiger partial charge in [0.05, 0.1) is 18.8 Å². The normalized spacial score (nSPS) is 23.9. The second kappa shape index (κ2) is 6.93. The molecule has 6 nitrogen and oxygen atoms in total. The van der Waals surface area contributed by atoms with Gasteiger partial charge in [0.15, 0.2) is 0 Å². The number of amides is 2. The zero-order chi connectivity index (χ0) is 15.3. The quantitative estimate of drug-likeness (QED) is 0.899. The van der Waals surface area contributed by atoms with Crippen LogP contribution in [-0.2, 0) is 11.3 Å². The monoisotopic (exact) mass is 294 g/mol. The van der Waals surface area contributed by atoms with Gasteiger partial charge in [-0.1, -0.05) is 13.8 Å². The average Bonchev–Trinajstić information content (AvgIpc) is 2.97. The average molecular weight is 294 g/mol. The molecule has 1 aromatic rings. The van der Waals surface area contributed by atoms with E-state index in [1.165, 1.54) is 0 Å². The summed E-state index contributed by atoms with van der Waals surface area (Å²) < 4.78 is 7.65. The molecule has 0 unspecified atom stereocenters. The van der Waals surface area contributed by atoms with E-state index in [1.807, 2.05) is 21.8 Å². The van der Waals surface area contributed by atoms with Gasteiger partial charge in [-0.3, -0.25) is 4.68 Å². The molecule has 21 heavy (non-hydrogen) atoms. The van der Waals surface area contributed by atoms with E-state index in [0.717, 1.165) is 13.0 Å². The number of carbonyl (C=O) groups excluding carboxylic acids is 1. The summed E-state index contributed by atoms with van der Waals surface area (Å²) in [7, 11) is 0. The van der Waals surface area contributed by atoms with Crippen molar-refractivity contribution in [2.45, 2.75) is 39.3 Å². The van der Waals surface area contributed by atoms with E-state index in [4.69, 9.17) is 4.74 Å². The van der Waals surface area contributed by atoms with Crippen molar-refractivity contribution in [3.05, 3.63) is 18.5 Å². The lowest BCUT2D eigenvalue weighted by Gasteiger charge is -2.40. The van der Waals surface area contributed by atoms with Crippen molar-refractivity contribution in [2.75, 3.05) is 26.2 Å². The van der Waals surface area contributed by atoms with Crippen LogP contribution in [0.15, 0.2) is 18.5 Å². The van der Waals surface area contributed by atoms with Gasteiger partial charge in [-0.25, -0.2) is 4.79 Å². The number of hydrogen-bond donors (Lipinski definition) is 1. The second-order valence-electron chi connectivity index (χ2n) is 6.09. The molecule has 2 amide bonds. The number of carbonyl (C=O) groups is 1. The van der Waals surface area contributed by atoms with E-state index in [9.17, 15) is 4.79 Å². The summed E-state index contributed by atoms with van der Waals surface area (Å²) in [5, 5.41) is 7.20. The van der Waals surface area contributed by atoms with Gasteiger partial charge in [-0.2, -0.15) is 5.10 Å². The maximum Gasteiger partial charge on any atom is 0.317 e. The maximum absolute atomic E-state index is 12.2. The molecule has 2 atom stereocenters. The molecular formula is C15H26N4O2. The summed E-state index contributed by atoms with van der Waals surface area (Å²) in [6.45, 7) is 9.65. The Morgan fingerprint density at radius 2 is 2.38 bits per heavy atom. The van der Waals surface area contributed by atoms with Gasteiger partial charge >= 0.3 is 6.03 Å². The Morgan fingerprint density at radius 3 is 3.05 bits per heavy atom. The van der Waals surface area contributed by atoms with Crippen LogP contribution in [0.4, 0.5) is 4.79 Å². The molecule has 1 fully saturated rings. The van der Waals surface area contributed by atoms with Crippen LogP contribution in [0.1, 0.15) is 27.2 Å². The van der Waals surface area contributed by atoms with E-state index in [0.29, 0.717) is 32.2 Å². The third kappa shape index (κ3) is 4.46. The van der Waals surface area contributed by atoms with E-state index in [1.54, 1.807) is 6.20 Å². The Hall–Kier alpha value is -1.56. The van der Waals surface area contributed by atoms with Crippen LogP contribution < -0.4 is 5.32 Å². The van der Waals surface area contributed by atoms with Gasteiger partial charge in [0.1, 0.15) is 0 Å². The first-order valence-electron chi connectivity index (χ1n) is 7.66. The lowest BCUT2D eigenvalue weighted by Crippen LogP contribution is -2.54. The number of ether oxygens (including phenoxy) is 1. The molecule has 0 aromatic carbocycles. The van der Waals surface area contributed by atoms with Crippen LogP contribution in [0.2, 0.25) is 0 Å². The minimum Gasteiger partial charge on any atom is -0.372 e. The summed E-state index contributed by atoms with van der Waals surface area (Å²) in [5.74, 6) is 0.340. The van der Waals surface area contributed by atoms with E-state index >= 15 is 0 Å². The fourth-order valence-electron chi connectivity index (χ4n) is 2.48. The largest absolute Gasteiger partial charge is 0.372 e. The summed E-state index contributed by atoms with van der Waals surface area (Å²) in [4.78, 5) is 14.1. The van der Waals surface area contributed by atoms with Crippen LogP contribution in [-0.4, -0.2) is 52.6 Å². The first-order valence-corrected chi connectivity index (χ1v) is 7.66. The highest BCUT2D eigenvalue weighted by atomic mass is 16.5.